The van der Waals surface area contributed by atoms with Crippen LogP contribution in [0.1, 0.15) is 67.0 Å². The number of piperidine rings is 1. The van der Waals surface area contributed by atoms with Gasteiger partial charge in [0.25, 0.3) is 5.91 Å². The Balaban J connectivity index is 1.55. The number of primary amides is 1. The van der Waals surface area contributed by atoms with Gasteiger partial charge in [-0.15, -0.1) is 0 Å². The van der Waals surface area contributed by atoms with Crippen molar-refractivity contribution in [3.63, 3.8) is 0 Å². The van der Waals surface area contributed by atoms with Gasteiger partial charge in [0, 0.05) is 12.5 Å². The highest BCUT2D eigenvalue weighted by molar-refractivity contribution is 5.94. The molecule has 1 aromatic heterocycles. The Morgan fingerprint density at radius 3 is 2.77 bits per heavy atom. The molecule has 0 radical (unpaired) electrons. The summed E-state index contributed by atoms with van der Waals surface area (Å²) in [5, 5.41) is 6.86. The number of hydrogen-bond acceptors (Lipinski definition) is 3. The van der Waals surface area contributed by atoms with Crippen molar-refractivity contribution in [1.29, 1.82) is 0 Å². The SMILES string of the molecule is NC(=O)c1cn[nH]c1C1CCCCN1C(=O)C1CC2(CC2)C1. The van der Waals surface area contributed by atoms with Crippen LogP contribution in [0, 0.1) is 11.3 Å². The number of nitrogens with one attached hydrogen (secondary N) is 1. The summed E-state index contributed by atoms with van der Waals surface area (Å²) in [6.45, 7) is 0.768. The Morgan fingerprint density at radius 2 is 2.09 bits per heavy atom. The van der Waals surface area contributed by atoms with Gasteiger partial charge in [0.15, 0.2) is 0 Å². The maximum Gasteiger partial charge on any atom is 0.252 e. The van der Waals surface area contributed by atoms with E-state index in [0.29, 0.717) is 16.7 Å². The monoisotopic (exact) mass is 302 g/mol. The summed E-state index contributed by atoms with van der Waals surface area (Å²) in [4.78, 5) is 26.4. The standard InChI is InChI=1S/C16H22N4O2/c17-14(21)11-9-18-19-13(11)12-3-1-2-6-20(12)15(22)10-7-16(8-10)4-5-16/h9-10,12H,1-8H2,(H2,17,21)(H,18,19). The second kappa shape index (κ2) is 4.83. The Hall–Kier alpha value is -1.85. The molecule has 1 aliphatic heterocycles. The minimum atomic E-state index is -0.484. The fraction of sp³-hybridized carbons (Fsp3) is 0.688. The van der Waals surface area contributed by atoms with E-state index in [1.165, 1.54) is 19.0 Å². The van der Waals surface area contributed by atoms with Crippen LogP contribution in [0.25, 0.3) is 0 Å². The molecule has 1 aromatic rings. The molecule has 6 heteroatoms. The van der Waals surface area contributed by atoms with Crippen LogP contribution in [0.4, 0.5) is 0 Å². The lowest BCUT2D eigenvalue weighted by molar-refractivity contribution is -0.144. The maximum absolute atomic E-state index is 12.9. The highest BCUT2D eigenvalue weighted by Gasteiger charge is 2.56. The van der Waals surface area contributed by atoms with E-state index in [-0.39, 0.29) is 17.9 Å². The molecule has 3 N–H and O–H groups in total. The third-order valence-electron chi connectivity index (χ3n) is 5.72. The first kappa shape index (κ1) is 13.8. The highest BCUT2D eigenvalue weighted by Crippen LogP contribution is 2.63. The summed E-state index contributed by atoms with van der Waals surface area (Å²) in [6.07, 6.45) is 9.13. The van der Waals surface area contributed by atoms with Crippen molar-refractivity contribution >= 4 is 11.8 Å². The van der Waals surface area contributed by atoms with E-state index in [1.807, 2.05) is 4.90 Å². The van der Waals surface area contributed by atoms with Gasteiger partial charge in [0.2, 0.25) is 5.91 Å². The van der Waals surface area contributed by atoms with E-state index in [0.717, 1.165) is 38.6 Å². The fourth-order valence-electron chi connectivity index (χ4n) is 4.22. The molecule has 4 rings (SSSR count). The van der Waals surface area contributed by atoms with Crippen molar-refractivity contribution in [2.45, 2.75) is 51.0 Å². The third-order valence-corrected chi connectivity index (χ3v) is 5.72. The molecule has 2 saturated carbocycles. The Labute approximate surface area is 129 Å². The first-order valence-corrected chi connectivity index (χ1v) is 8.23. The van der Waals surface area contributed by atoms with Gasteiger partial charge in [-0.2, -0.15) is 5.10 Å². The van der Waals surface area contributed by atoms with Gasteiger partial charge in [-0.1, -0.05) is 0 Å². The van der Waals surface area contributed by atoms with Gasteiger partial charge in [0.05, 0.1) is 23.5 Å². The van der Waals surface area contributed by atoms with Crippen LogP contribution in [-0.2, 0) is 4.79 Å². The molecule has 0 aromatic carbocycles. The molecule has 2 amide bonds. The molecule has 1 unspecified atom stereocenters. The van der Waals surface area contributed by atoms with Gasteiger partial charge < -0.3 is 10.6 Å². The molecular weight excluding hydrogens is 280 g/mol. The molecule has 1 saturated heterocycles. The van der Waals surface area contributed by atoms with Crippen molar-refractivity contribution in [2.24, 2.45) is 17.1 Å². The second-order valence-electron chi connectivity index (χ2n) is 7.21. The lowest BCUT2D eigenvalue weighted by Gasteiger charge is -2.42. The van der Waals surface area contributed by atoms with Crippen molar-refractivity contribution in [2.75, 3.05) is 6.54 Å². The molecule has 118 valence electrons. The van der Waals surface area contributed by atoms with Crippen molar-refractivity contribution in [1.82, 2.24) is 15.1 Å². The first-order chi connectivity index (χ1) is 10.6. The number of hydrogen-bond donors (Lipinski definition) is 2. The number of nitrogens with zero attached hydrogens (tertiary/aromatic N) is 2. The lowest BCUT2D eigenvalue weighted by atomic mass is 9.71. The normalized spacial score (nSPS) is 26.7. The Bertz CT molecular complexity index is 611. The number of H-pyrrole nitrogens is 1. The minimum Gasteiger partial charge on any atom is -0.365 e. The molecule has 22 heavy (non-hydrogen) atoms. The van der Waals surface area contributed by atoms with Crippen LogP contribution < -0.4 is 5.73 Å². The van der Waals surface area contributed by atoms with Crippen LogP contribution >= 0.6 is 0 Å². The molecular formula is C16H22N4O2. The molecule has 2 aliphatic carbocycles. The van der Waals surface area contributed by atoms with Gasteiger partial charge in [-0.25, -0.2) is 0 Å². The number of rotatable bonds is 3. The van der Waals surface area contributed by atoms with Crippen molar-refractivity contribution in [3.8, 4) is 0 Å². The number of carbonyl (C=O) groups excluding carboxylic acids is 2. The Kier molecular flexibility index (Phi) is 3.03. The summed E-state index contributed by atoms with van der Waals surface area (Å²) in [5.41, 5.74) is 7.07. The highest BCUT2D eigenvalue weighted by atomic mass is 16.2. The number of likely N-dealkylation sites (tertiary alicyclic amines) is 1. The molecule has 3 aliphatic rings. The zero-order chi connectivity index (χ0) is 15.3. The molecule has 1 atom stereocenters. The van der Waals surface area contributed by atoms with Crippen molar-refractivity contribution < 1.29 is 9.59 Å². The summed E-state index contributed by atoms with van der Waals surface area (Å²) < 4.78 is 0. The zero-order valence-corrected chi connectivity index (χ0v) is 12.7. The zero-order valence-electron chi connectivity index (χ0n) is 12.7. The average Bonchev–Trinajstić information content (AvgIpc) is 3.13. The summed E-state index contributed by atoms with van der Waals surface area (Å²) >= 11 is 0. The summed E-state index contributed by atoms with van der Waals surface area (Å²) in [6, 6.07) is -0.0815. The maximum atomic E-state index is 12.9. The van der Waals surface area contributed by atoms with Gasteiger partial charge >= 0.3 is 0 Å². The lowest BCUT2D eigenvalue weighted by Crippen LogP contribution is -2.46. The van der Waals surface area contributed by atoms with Crippen LogP contribution in [-0.4, -0.2) is 33.5 Å². The molecule has 1 spiro atoms. The molecule has 6 nitrogen and oxygen atoms in total. The molecule has 2 heterocycles. The predicted octanol–water partition coefficient (Wildman–Crippen LogP) is 1.75. The number of aromatic amines is 1. The van der Waals surface area contributed by atoms with Crippen LogP contribution in [0.2, 0.25) is 0 Å². The van der Waals surface area contributed by atoms with E-state index < -0.39 is 5.91 Å². The van der Waals surface area contributed by atoms with E-state index in [1.54, 1.807) is 0 Å². The summed E-state index contributed by atoms with van der Waals surface area (Å²) in [7, 11) is 0. The first-order valence-electron chi connectivity index (χ1n) is 8.23. The van der Waals surface area contributed by atoms with Crippen LogP contribution in [0.5, 0.6) is 0 Å². The molecule has 3 fully saturated rings. The molecule has 0 bridgehead atoms. The van der Waals surface area contributed by atoms with Crippen molar-refractivity contribution in [3.05, 3.63) is 17.5 Å². The number of aromatic nitrogens is 2. The second-order valence-corrected chi connectivity index (χ2v) is 7.21. The Morgan fingerprint density at radius 1 is 1.32 bits per heavy atom. The van der Waals surface area contributed by atoms with E-state index in [4.69, 9.17) is 5.73 Å². The minimum absolute atomic E-state index is 0.0815. The number of carbonyl (C=O) groups is 2. The third kappa shape index (κ3) is 2.12. The van der Waals surface area contributed by atoms with Gasteiger partial charge in [0.1, 0.15) is 0 Å². The van der Waals surface area contributed by atoms with Gasteiger partial charge in [-0.3, -0.25) is 14.7 Å². The number of nitrogens with two attached hydrogens (primary N) is 1. The number of amides is 2. The van der Waals surface area contributed by atoms with Crippen LogP contribution in [0.15, 0.2) is 6.20 Å². The topological polar surface area (TPSA) is 92.1 Å². The smallest absolute Gasteiger partial charge is 0.252 e. The van der Waals surface area contributed by atoms with E-state index in [2.05, 4.69) is 10.2 Å². The fourth-order valence-corrected chi connectivity index (χ4v) is 4.22. The average molecular weight is 302 g/mol. The largest absolute Gasteiger partial charge is 0.365 e. The van der Waals surface area contributed by atoms with Gasteiger partial charge in [-0.05, 0) is 50.4 Å². The quantitative estimate of drug-likeness (QED) is 0.891. The van der Waals surface area contributed by atoms with E-state index in [9.17, 15) is 9.59 Å². The summed E-state index contributed by atoms with van der Waals surface area (Å²) in [5.74, 6) is -0.0439. The van der Waals surface area contributed by atoms with Crippen LogP contribution in [0.3, 0.4) is 0 Å². The van der Waals surface area contributed by atoms with E-state index >= 15 is 0 Å². The predicted molar refractivity (Wildman–Crippen MR) is 79.8 cm³/mol.